The van der Waals surface area contributed by atoms with Gasteiger partial charge in [0.25, 0.3) is 5.91 Å². The lowest BCUT2D eigenvalue weighted by Gasteiger charge is -2.19. The SMILES string of the molecule is O=C(NCC1OC(CC(=O)N2CCCC2)C(O)C1O)c1ccccc1. The molecule has 2 saturated heterocycles. The third-order valence-corrected chi connectivity index (χ3v) is 4.80. The van der Waals surface area contributed by atoms with Crippen molar-refractivity contribution in [3.8, 4) is 0 Å². The van der Waals surface area contributed by atoms with E-state index in [-0.39, 0.29) is 24.8 Å². The van der Waals surface area contributed by atoms with Crippen LogP contribution in [0, 0.1) is 0 Å². The Morgan fingerprint density at radius 2 is 1.72 bits per heavy atom. The molecular formula is C18H24N2O5. The third-order valence-electron chi connectivity index (χ3n) is 4.80. The highest BCUT2D eigenvalue weighted by atomic mass is 16.5. The Hall–Kier alpha value is -1.96. The van der Waals surface area contributed by atoms with Gasteiger partial charge in [0.1, 0.15) is 18.3 Å². The summed E-state index contributed by atoms with van der Waals surface area (Å²) in [7, 11) is 0. The number of nitrogens with one attached hydrogen (secondary N) is 1. The molecule has 2 aliphatic heterocycles. The van der Waals surface area contributed by atoms with Gasteiger partial charge in [-0.3, -0.25) is 9.59 Å². The second-order valence-corrected chi connectivity index (χ2v) is 6.56. The zero-order valence-corrected chi connectivity index (χ0v) is 14.0. The maximum Gasteiger partial charge on any atom is 0.251 e. The normalized spacial score (nSPS) is 29.0. The lowest BCUT2D eigenvalue weighted by atomic mass is 10.0. The minimum Gasteiger partial charge on any atom is -0.388 e. The number of aliphatic hydroxyl groups excluding tert-OH is 2. The van der Waals surface area contributed by atoms with Crippen molar-refractivity contribution in [1.82, 2.24) is 10.2 Å². The standard InChI is InChI=1S/C18H24N2O5/c21-15(20-8-4-5-9-20)10-13-16(22)17(23)14(25-13)11-19-18(24)12-6-2-1-3-7-12/h1-3,6-7,13-14,16-17,22-23H,4-5,8-11H2,(H,19,24). The number of rotatable bonds is 5. The van der Waals surface area contributed by atoms with Crippen LogP contribution < -0.4 is 5.32 Å². The van der Waals surface area contributed by atoms with E-state index in [0.717, 1.165) is 25.9 Å². The molecule has 0 bridgehead atoms. The van der Waals surface area contributed by atoms with Crippen LogP contribution in [-0.4, -0.2) is 71.0 Å². The minimum absolute atomic E-state index is 0.0430. The number of hydrogen-bond acceptors (Lipinski definition) is 5. The molecule has 136 valence electrons. The summed E-state index contributed by atoms with van der Waals surface area (Å²) in [4.78, 5) is 26.0. The minimum atomic E-state index is -1.13. The van der Waals surface area contributed by atoms with E-state index in [0.29, 0.717) is 5.56 Å². The molecule has 4 atom stereocenters. The van der Waals surface area contributed by atoms with Crippen molar-refractivity contribution in [1.29, 1.82) is 0 Å². The summed E-state index contributed by atoms with van der Waals surface area (Å²) in [6.07, 6.45) is -1.72. The molecule has 1 aromatic rings. The molecule has 0 spiro atoms. The molecule has 7 nitrogen and oxygen atoms in total. The highest BCUT2D eigenvalue weighted by molar-refractivity contribution is 5.94. The molecule has 1 aromatic carbocycles. The largest absolute Gasteiger partial charge is 0.388 e. The monoisotopic (exact) mass is 348 g/mol. The van der Waals surface area contributed by atoms with Gasteiger partial charge in [-0.1, -0.05) is 18.2 Å². The third kappa shape index (κ3) is 4.18. The fraction of sp³-hybridized carbons (Fsp3) is 0.556. The maximum absolute atomic E-state index is 12.2. The predicted octanol–water partition coefficient (Wildman–Crippen LogP) is -0.0819. The number of likely N-dealkylation sites (tertiary alicyclic amines) is 1. The van der Waals surface area contributed by atoms with Gasteiger partial charge in [0.2, 0.25) is 5.91 Å². The topological polar surface area (TPSA) is 99.1 Å². The van der Waals surface area contributed by atoms with Gasteiger partial charge in [-0.15, -0.1) is 0 Å². The zero-order valence-electron chi connectivity index (χ0n) is 14.0. The van der Waals surface area contributed by atoms with Crippen LogP contribution in [-0.2, 0) is 9.53 Å². The molecule has 2 amide bonds. The van der Waals surface area contributed by atoms with Crippen LogP contribution in [0.5, 0.6) is 0 Å². The Labute approximate surface area is 146 Å². The highest BCUT2D eigenvalue weighted by Gasteiger charge is 2.43. The molecule has 3 rings (SSSR count). The van der Waals surface area contributed by atoms with Gasteiger partial charge in [0.05, 0.1) is 12.5 Å². The number of carbonyl (C=O) groups is 2. The number of amides is 2. The van der Waals surface area contributed by atoms with E-state index in [9.17, 15) is 19.8 Å². The summed E-state index contributed by atoms with van der Waals surface area (Å²) >= 11 is 0. The first-order valence-electron chi connectivity index (χ1n) is 8.69. The average molecular weight is 348 g/mol. The number of hydrogen-bond donors (Lipinski definition) is 3. The number of nitrogens with zero attached hydrogens (tertiary/aromatic N) is 1. The molecule has 4 unspecified atom stereocenters. The quantitative estimate of drug-likeness (QED) is 0.691. The molecule has 0 saturated carbocycles. The summed E-state index contributed by atoms with van der Waals surface area (Å²) in [6.45, 7) is 1.54. The van der Waals surface area contributed by atoms with Gasteiger partial charge >= 0.3 is 0 Å². The van der Waals surface area contributed by atoms with Gasteiger partial charge in [-0.05, 0) is 25.0 Å². The molecule has 7 heteroatoms. The van der Waals surface area contributed by atoms with Crippen molar-refractivity contribution in [2.45, 2.75) is 43.7 Å². The van der Waals surface area contributed by atoms with Crippen molar-refractivity contribution in [2.75, 3.05) is 19.6 Å². The van der Waals surface area contributed by atoms with Gasteiger partial charge in [0.15, 0.2) is 0 Å². The molecule has 0 radical (unpaired) electrons. The first-order chi connectivity index (χ1) is 12.1. The van der Waals surface area contributed by atoms with E-state index in [2.05, 4.69) is 5.32 Å². The average Bonchev–Trinajstić information content (AvgIpc) is 3.25. The Bertz CT molecular complexity index is 603. The summed E-state index contributed by atoms with van der Waals surface area (Å²) in [5.41, 5.74) is 0.510. The summed E-state index contributed by atoms with van der Waals surface area (Å²) < 4.78 is 5.64. The van der Waals surface area contributed by atoms with E-state index in [1.807, 2.05) is 6.07 Å². The van der Waals surface area contributed by atoms with Crippen LogP contribution in [0.4, 0.5) is 0 Å². The van der Waals surface area contributed by atoms with E-state index >= 15 is 0 Å². The summed E-state index contributed by atoms with van der Waals surface area (Å²) in [6, 6.07) is 8.72. The van der Waals surface area contributed by atoms with E-state index < -0.39 is 24.4 Å². The van der Waals surface area contributed by atoms with Crippen LogP contribution in [0.3, 0.4) is 0 Å². The van der Waals surface area contributed by atoms with Crippen molar-refractivity contribution in [3.63, 3.8) is 0 Å². The van der Waals surface area contributed by atoms with Crippen molar-refractivity contribution in [3.05, 3.63) is 35.9 Å². The molecule has 2 heterocycles. The second kappa shape index (κ2) is 7.95. The summed E-state index contributed by atoms with van der Waals surface area (Å²) in [5, 5.41) is 23.0. The lowest BCUT2D eigenvalue weighted by molar-refractivity contribution is -0.134. The van der Waals surface area contributed by atoms with E-state index in [4.69, 9.17) is 4.74 Å². The fourth-order valence-electron chi connectivity index (χ4n) is 3.32. The summed E-state index contributed by atoms with van der Waals surface area (Å²) in [5.74, 6) is -0.342. The first-order valence-corrected chi connectivity index (χ1v) is 8.69. The Balaban J connectivity index is 1.51. The smallest absolute Gasteiger partial charge is 0.251 e. The van der Waals surface area contributed by atoms with Crippen molar-refractivity contribution in [2.24, 2.45) is 0 Å². The number of carbonyl (C=O) groups excluding carboxylic acids is 2. The Morgan fingerprint density at radius 1 is 1.08 bits per heavy atom. The number of aliphatic hydroxyl groups is 2. The fourth-order valence-corrected chi connectivity index (χ4v) is 3.32. The lowest BCUT2D eigenvalue weighted by Crippen LogP contribution is -2.40. The molecular weight excluding hydrogens is 324 g/mol. The highest BCUT2D eigenvalue weighted by Crippen LogP contribution is 2.24. The second-order valence-electron chi connectivity index (χ2n) is 6.56. The first kappa shape index (κ1) is 17.8. The van der Waals surface area contributed by atoms with E-state index in [1.165, 1.54) is 0 Å². The Kier molecular flexibility index (Phi) is 5.67. The molecule has 2 fully saturated rings. The van der Waals surface area contributed by atoms with Crippen LogP contribution in [0.15, 0.2) is 30.3 Å². The van der Waals surface area contributed by atoms with Crippen LogP contribution in [0.25, 0.3) is 0 Å². The molecule has 0 aliphatic carbocycles. The Morgan fingerprint density at radius 3 is 2.40 bits per heavy atom. The van der Waals surface area contributed by atoms with Gasteiger partial charge in [-0.25, -0.2) is 0 Å². The van der Waals surface area contributed by atoms with Crippen LogP contribution in [0.2, 0.25) is 0 Å². The maximum atomic E-state index is 12.2. The predicted molar refractivity (Wildman–Crippen MR) is 89.9 cm³/mol. The van der Waals surface area contributed by atoms with Crippen LogP contribution in [0.1, 0.15) is 29.6 Å². The van der Waals surface area contributed by atoms with Crippen molar-refractivity contribution < 1.29 is 24.5 Å². The van der Waals surface area contributed by atoms with Gasteiger partial charge < -0.3 is 25.2 Å². The van der Waals surface area contributed by atoms with Gasteiger partial charge in [0, 0.05) is 25.2 Å². The number of ether oxygens (including phenoxy) is 1. The molecule has 25 heavy (non-hydrogen) atoms. The number of benzene rings is 1. The molecule has 0 aromatic heterocycles. The van der Waals surface area contributed by atoms with Crippen LogP contribution >= 0.6 is 0 Å². The molecule has 2 aliphatic rings. The molecule has 3 N–H and O–H groups in total. The van der Waals surface area contributed by atoms with Crippen molar-refractivity contribution >= 4 is 11.8 Å². The van der Waals surface area contributed by atoms with E-state index in [1.54, 1.807) is 29.2 Å². The zero-order chi connectivity index (χ0) is 17.8. The van der Waals surface area contributed by atoms with Gasteiger partial charge in [-0.2, -0.15) is 0 Å².